The van der Waals surface area contributed by atoms with E-state index in [2.05, 4.69) is 13.8 Å². The van der Waals surface area contributed by atoms with E-state index in [0.717, 1.165) is 38.5 Å². The summed E-state index contributed by atoms with van der Waals surface area (Å²) in [6, 6.07) is 0.134. The Kier molecular flexibility index (Phi) is 4.79. The standard InChI is InChI=1S/C16H28N2O3/c1-16(2)8-6-13(7-9-16)17(3)15(21)18(11-14(19)20)10-12-4-5-12/h12-13H,4-11H2,1-3H3,(H,19,20). The number of rotatable bonds is 5. The first-order valence-corrected chi connectivity index (χ1v) is 8.02. The van der Waals surface area contributed by atoms with Crippen LogP contribution in [0.1, 0.15) is 52.4 Å². The molecule has 0 heterocycles. The van der Waals surface area contributed by atoms with Crippen molar-refractivity contribution in [2.45, 2.75) is 58.4 Å². The van der Waals surface area contributed by atoms with Crippen LogP contribution in [-0.4, -0.2) is 53.1 Å². The molecule has 0 radical (unpaired) electrons. The summed E-state index contributed by atoms with van der Waals surface area (Å²) in [4.78, 5) is 26.9. The Balaban J connectivity index is 1.93. The monoisotopic (exact) mass is 296 g/mol. The molecule has 0 aromatic carbocycles. The van der Waals surface area contributed by atoms with Gasteiger partial charge in [0, 0.05) is 19.6 Å². The van der Waals surface area contributed by atoms with Crippen LogP contribution in [0.25, 0.3) is 0 Å². The molecule has 21 heavy (non-hydrogen) atoms. The van der Waals surface area contributed by atoms with E-state index in [0.29, 0.717) is 17.9 Å². The van der Waals surface area contributed by atoms with E-state index >= 15 is 0 Å². The van der Waals surface area contributed by atoms with E-state index in [9.17, 15) is 9.59 Å². The van der Waals surface area contributed by atoms with Gasteiger partial charge in [-0.25, -0.2) is 4.79 Å². The van der Waals surface area contributed by atoms with E-state index in [1.807, 2.05) is 7.05 Å². The Morgan fingerprint density at radius 1 is 1.14 bits per heavy atom. The summed E-state index contributed by atoms with van der Waals surface area (Å²) in [6.45, 7) is 4.95. The van der Waals surface area contributed by atoms with Crippen molar-refractivity contribution >= 4 is 12.0 Å². The van der Waals surface area contributed by atoms with Gasteiger partial charge in [-0.05, 0) is 49.9 Å². The van der Waals surface area contributed by atoms with Gasteiger partial charge in [0.05, 0.1) is 0 Å². The normalized spacial score (nSPS) is 21.9. The highest BCUT2D eigenvalue weighted by Crippen LogP contribution is 2.37. The van der Waals surface area contributed by atoms with Gasteiger partial charge in [-0.1, -0.05) is 13.8 Å². The van der Waals surface area contributed by atoms with Crippen LogP contribution in [-0.2, 0) is 4.79 Å². The van der Waals surface area contributed by atoms with Crippen LogP contribution >= 0.6 is 0 Å². The third-order valence-corrected chi connectivity index (χ3v) is 4.93. The van der Waals surface area contributed by atoms with Gasteiger partial charge in [-0.2, -0.15) is 0 Å². The fraction of sp³-hybridized carbons (Fsp3) is 0.875. The van der Waals surface area contributed by atoms with Crippen LogP contribution in [0.4, 0.5) is 4.79 Å². The van der Waals surface area contributed by atoms with E-state index in [-0.39, 0.29) is 18.6 Å². The lowest BCUT2D eigenvalue weighted by molar-refractivity contribution is -0.137. The average molecular weight is 296 g/mol. The highest BCUT2D eigenvalue weighted by molar-refractivity contribution is 5.80. The third-order valence-electron chi connectivity index (χ3n) is 4.93. The van der Waals surface area contributed by atoms with Crippen LogP contribution in [0.15, 0.2) is 0 Å². The molecule has 2 fully saturated rings. The maximum Gasteiger partial charge on any atom is 0.323 e. The minimum absolute atomic E-state index is 0.117. The van der Waals surface area contributed by atoms with Gasteiger partial charge in [0.15, 0.2) is 0 Å². The zero-order chi connectivity index (χ0) is 15.6. The Bertz CT molecular complexity index is 394. The molecule has 0 saturated heterocycles. The highest BCUT2D eigenvalue weighted by Gasteiger charge is 2.34. The Morgan fingerprint density at radius 2 is 1.71 bits per heavy atom. The lowest BCUT2D eigenvalue weighted by Gasteiger charge is -2.40. The first kappa shape index (κ1) is 16.1. The maximum atomic E-state index is 12.6. The van der Waals surface area contributed by atoms with Crippen LogP contribution in [0.2, 0.25) is 0 Å². The molecule has 5 nitrogen and oxygen atoms in total. The van der Waals surface area contributed by atoms with E-state index < -0.39 is 5.97 Å². The molecule has 0 bridgehead atoms. The first-order chi connectivity index (χ1) is 9.78. The second-order valence-corrected chi connectivity index (χ2v) is 7.51. The maximum absolute atomic E-state index is 12.6. The van der Waals surface area contributed by atoms with E-state index in [1.165, 1.54) is 4.90 Å². The SMILES string of the molecule is CN(C(=O)N(CC(=O)O)CC1CC1)C1CCC(C)(C)CC1. The predicted octanol–water partition coefficient (Wildman–Crippen LogP) is 2.80. The molecule has 0 atom stereocenters. The van der Waals surface area contributed by atoms with Gasteiger partial charge in [0.2, 0.25) is 0 Å². The van der Waals surface area contributed by atoms with Crippen molar-refractivity contribution in [2.75, 3.05) is 20.1 Å². The molecule has 2 rings (SSSR count). The Labute approximate surface area is 127 Å². The molecule has 2 saturated carbocycles. The summed E-state index contributed by atoms with van der Waals surface area (Å²) in [5, 5.41) is 9.01. The molecule has 0 aromatic rings. The van der Waals surface area contributed by atoms with Crippen molar-refractivity contribution in [3.63, 3.8) is 0 Å². The van der Waals surface area contributed by atoms with Crippen LogP contribution in [0.5, 0.6) is 0 Å². The van der Waals surface area contributed by atoms with Crippen molar-refractivity contribution in [1.82, 2.24) is 9.80 Å². The number of nitrogens with zero attached hydrogens (tertiary/aromatic N) is 2. The fourth-order valence-electron chi connectivity index (χ4n) is 3.14. The lowest BCUT2D eigenvalue weighted by atomic mass is 9.75. The van der Waals surface area contributed by atoms with Gasteiger partial charge in [0.25, 0.3) is 0 Å². The quantitative estimate of drug-likeness (QED) is 0.848. The van der Waals surface area contributed by atoms with E-state index in [4.69, 9.17) is 5.11 Å². The van der Waals surface area contributed by atoms with Gasteiger partial charge >= 0.3 is 12.0 Å². The Morgan fingerprint density at radius 3 is 2.19 bits per heavy atom. The zero-order valence-electron chi connectivity index (χ0n) is 13.5. The number of carboxylic acids is 1. The summed E-state index contributed by atoms with van der Waals surface area (Å²) in [5.74, 6) is -0.422. The smallest absolute Gasteiger partial charge is 0.323 e. The fourth-order valence-corrected chi connectivity index (χ4v) is 3.14. The van der Waals surface area contributed by atoms with Crippen LogP contribution in [0.3, 0.4) is 0 Å². The minimum Gasteiger partial charge on any atom is -0.480 e. The van der Waals surface area contributed by atoms with Gasteiger partial charge in [-0.15, -0.1) is 0 Å². The average Bonchev–Trinajstić information content (AvgIpc) is 3.20. The topological polar surface area (TPSA) is 60.9 Å². The lowest BCUT2D eigenvalue weighted by Crippen LogP contribution is -2.49. The largest absolute Gasteiger partial charge is 0.480 e. The number of carbonyl (C=O) groups excluding carboxylic acids is 1. The van der Waals surface area contributed by atoms with Crippen molar-refractivity contribution in [1.29, 1.82) is 0 Å². The molecule has 2 aliphatic rings. The molecule has 1 N–H and O–H groups in total. The van der Waals surface area contributed by atoms with Crippen molar-refractivity contribution < 1.29 is 14.7 Å². The second-order valence-electron chi connectivity index (χ2n) is 7.51. The van der Waals surface area contributed by atoms with Gasteiger partial charge in [-0.3, -0.25) is 4.79 Å². The van der Waals surface area contributed by atoms with Crippen molar-refractivity contribution in [3.8, 4) is 0 Å². The number of urea groups is 1. The van der Waals surface area contributed by atoms with Gasteiger partial charge < -0.3 is 14.9 Å². The highest BCUT2D eigenvalue weighted by atomic mass is 16.4. The molecule has 0 aromatic heterocycles. The van der Waals surface area contributed by atoms with E-state index in [1.54, 1.807) is 4.90 Å². The second kappa shape index (κ2) is 6.24. The summed E-state index contributed by atoms with van der Waals surface area (Å²) in [5.41, 5.74) is 0.370. The summed E-state index contributed by atoms with van der Waals surface area (Å²) in [7, 11) is 1.83. The van der Waals surface area contributed by atoms with Crippen molar-refractivity contribution in [2.24, 2.45) is 11.3 Å². The van der Waals surface area contributed by atoms with Crippen molar-refractivity contribution in [3.05, 3.63) is 0 Å². The molecular formula is C16H28N2O3. The molecule has 120 valence electrons. The molecule has 0 aliphatic heterocycles. The predicted molar refractivity (Wildman–Crippen MR) is 81.1 cm³/mol. The number of hydrogen-bond acceptors (Lipinski definition) is 2. The first-order valence-electron chi connectivity index (χ1n) is 8.02. The summed E-state index contributed by atoms with van der Waals surface area (Å²) in [6.07, 6.45) is 6.50. The van der Waals surface area contributed by atoms with Gasteiger partial charge in [0.1, 0.15) is 6.54 Å². The zero-order valence-corrected chi connectivity index (χ0v) is 13.5. The molecule has 2 aliphatic carbocycles. The summed E-state index contributed by atoms with van der Waals surface area (Å²) >= 11 is 0. The molecule has 0 spiro atoms. The molecule has 0 unspecified atom stereocenters. The molecule has 5 heteroatoms. The number of carbonyl (C=O) groups is 2. The molecule has 2 amide bonds. The minimum atomic E-state index is -0.929. The number of aliphatic carboxylic acids is 1. The molecular weight excluding hydrogens is 268 g/mol. The van der Waals surface area contributed by atoms with Crippen LogP contribution in [0, 0.1) is 11.3 Å². The number of hydrogen-bond donors (Lipinski definition) is 1. The number of carboxylic acid groups (broad SMARTS) is 1. The Hall–Kier alpha value is -1.26. The van der Waals surface area contributed by atoms with Crippen LogP contribution < -0.4 is 0 Å². The third kappa shape index (κ3) is 4.61. The number of amides is 2. The summed E-state index contributed by atoms with van der Waals surface area (Å²) < 4.78 is 0.